The molecule has 4 nitrogen and oxygen atoms in total. The Morgan fingerprint density at radius 2 is 1.85 bits per heavy atom. The predicted octanol–water partition coefficient (Wildman–Crippen LogP) is 2.73. The lowest BCUT2D eigenvalue weighted by Gasteiger charge is -2.21. The van der Waals surface area contributed by atoms with Crippen LogP contribution in [0.2, 0.25) is 0 Å². The van der Waals surface area contributed by atoms with E-state index in [0.717, 1.165) is 12.8 Å². The molecule has 0 aromatic heterocycles. The molecule has 1 aliphatic rings. The summed E-state index contributed by atoms with van der Waals surface area (Å²) >= 11 is 0. The maximum atomic E-state index is 12.1. The van der Waals surface area contributed by atoms with E-state index in [2.05, 4.69) is 18.8 Å². The normalized spacial score (nSPS) is 17.4. The molecular weight excluding hydrogens is 252 g/mol. The average molecular weight is 274 g/mol. The highest BCUT2D eigenvalue weighted by Crippen LogP contribution is 2.17. The summed E-state index contributed by atoms with van der Waals surface area (Å²) in [5.74, 6) is 0.799. The molecule has 0 atom stereocenters. The fraction of sp³-hybridized carbons (Fsp3) is 0.500. The van der Waals surface area contributed by atoms with Crippen molar-refractivity contribution in [1.82, 2.24) is 0 Å². The van der Waals surface area contributed by atoms with Gasteiger partial charge < -0.3 is 10.5 Å². The standard InChI is InChI=1S/C16H22N2O2/c1-11(2)12-3-5-14(6-4-12)16(19)18-15(17)13-7-9-20-10-8-13/h3-6,11,13H,7-10H2,1-2H3,(H2,17,18,19). The Kier molecular flexibility index (Phi) is 4.90. The van der Waals surface area contributed by atoms with E-state index >= 15 is 0 Å². The zero-order chi connectivity index (χ0) is 14.5. The molecule has 108 valence electrons. The average Bonchev–Trinajstić information content (AvgIpc) is 2.48. The molecule has 0 saturated carbocycles. The van der Waals surface area contributed by atoms with Gasteiger partial charge in [0.2, 0.25) is 0 Å². The van der Waals surface area contributed by atoms with Crippen molar-refractivity contribution >= 4 is 11.7 Å². The first-order valence-electron chi connectivity index (χ1n) is 7.14. The SMILES string of the molecule is CC(C)c1ccc(C(=O)N=C(N)C2CCOCC2)cc1. The maximum absolute atomic E-state index is 12.1. The Bertz CT molecular complexity index is 486. The van der Waals surface area contributed by atoms with Crippen molar-refractivity contribution in [3.8, 4) is 0 Å². The number of ether oxygens (including phenoxy) is 1. The van der Waals surface area contributed by atoms with Gasteiger partial charge in [0.15, 0.2) is 0 Å². The quantitative estimate of drug-likeness (QED) is 0.681. The summed E-state index contributed by atoms with van der Waals surface area (Å²) in [6.45, 7) is 5.63. The van der Waals surface area contributed by atoms with Crippen molar-refractivity contribution in [3.05, 3.63) is 35.4 Å². The van der Waals surface area contributed by atoms with Gasteiger partial charge in [-0.15, -0.1) is 0 Å². The minimum atomic E-state index is -0.260. The van der Waals surface area contributed by atoms with E-state index in [1.54, 1.807) is 0 Å². The Labute approximate surface area is 120 Å². The van der Waals surface area contributed by atoms with Gasteiger partial charge >= 0.3 is 0 Å². The fourth-order valence-electron chi connectivity index (χ4n) is 2.28. The van der Waals surface area contributed by atoms with Crippen LogP contribution in [0.5, 0.6) is 0 Å². The summed E-state index contributed by atoms with van der Waals surface area (Å²) in [5.41, 5.74) is 7.74. The van der Waals surface area contributed by atoms with E-state index < -0.39 is 0 Å². The van der Waals surface area contributed by atoms with Crippen LogP contribution in [-0.2, 0) is 4.74 Å². The first kappa shape index (κ1) is 14.7. The molecule has 1 amide bonds. The number of rotatable bonds is 3. The van der Waals surface area contributed by atoms with Crippen LogP contribution in [0, 0.1) is 5.92 Å². The number of hydrogen-bond donors (Lipinski definition) is 1. The number of carbonyl (C=O) groups is 1. The molecule has 0 radical (unpaired) electrons. The number of amidine groups is 1. The molecule has 2 rings (SSSR count). The number of nitrogens with zero attached hydrogens (tertiary/aromatic N) is 1. The lowest BCUT2D eigenvalue weighted by atomic mass is 9.99. The molecule has 0 bridgehead atoms. The minimum absolute atomic E-state index is 0.169. The second-order valence-corrected chi connectivity index (χ2v) is 5.51. The minimum Gasteiger partial charge on any atom is -0.387 e. The summed E-state index contributed by atoms with van der Waals surface area (Å²) in [6.07, 6.45) is 1.68. The van der Waals surface area contributed by atoms with Crippen molar-refractivity contribution in [3.63, 3.8) is 0 Å². The van der Waals surface area contributed by atoms with E-state index in [-0.39, 0.29) is 11.8 Å². The number of amides is 1. The molecule has 1 saturated heterocycles. The molecule has 1 aromatic carbocycles. The van der Waals surface area contributed by atoms with Gasteiger partial charge in [0.25, 0.3) is 5.91 Å². The highest BCUT2D eigenvalue weighted by molar-refractivity contribution is 6.03. The number of benzene rings is 1. The lowest BCUT2D eigenvalue weighted by molar-refractivity contribution is 0.0821. The summed E-state index contributed by atoms with van der Waals surface area (Å²) in [7, 11) is 0. The van der Waals surface area contributed by atoms with Crippen LogP contribution in [0.25, 0.3) is 0 Å². The molecular formula is C16H22N2O2. The number of nitrogens with two attached hydrogens (primary N) is 1. The zero-order valence-corrected chi connectivity index (χ0v) is 12.1. The van der Waals surface area contributed by atoms with Gasteiger partial charge in [-0.05, 0) is 36.5 Å². The van der Waals surface area contributed by atoms with E-state index in [1.165, 1.54) is 5.56 Å². The third kappa shape index (κ3) is 3.67. The number of hydrogen-bond acceptors (Lipinski definition) is 2. The summed E-state index contributed by atoms with van der Waals surface area (Å²) in [4.78, 5) is 16.1. The first-order valence-corrected chi connectivity index (χ1v) is 7.14. The third-order valence-corrected chi connectivity index (χ3v) is 3.69. The molecule has 0 unspecified atom stereocenters. The van der Waals surface area contributed by atoms with E-state index in [9.17, 15) is 4.79 Å². The molecule has 2 N–H and O–H groups in total. The van der Waals surface area contributed by atoms with Crippen molar-refractivity contribution in [2.75, 3.05) is 13.2 Å². The highest BCUT2D eigenvalue weighted by atomic mass is 16.5. The van der Waals surface area contributed by atoms with Crippen molar-refractivity contribution in [2.45, 2.75) is 32.6 Å². The second kappa shape index (κ2) is 6.66. The van der Waals surface area contributed by atoms with Crippen LogP contribution < -0.4 is 5.73 Å². The van der Waals surface area contributed by atoms with Crippen LogP contribution in [0.1, 0.15) is 48.5 Å². The van der Waals surface area contributed by atoms with Crippen molar-refractivity contribution < 1.29 is 9.53 Å². The topological polar surface area (TPSA) is 64.7 Å². The Morgan fingerprint density at radius 1 is 1.25 bits per heavy atom. The van der Waals surface area contributed by atoms with Crippen LogP contribution in [-0.4, -0.2) is 25.0 Å². The summed E-state index contributed by atoms with van der Waals surface area (Å²) in [5, 5.41) is 0. The van der Waals surface area contributed by atoms with E-state index in [4.69, 9.17) is 10.5 Å². The van der Waals surface area contributed by atoms with Crippen LogP contribution in [0.4, 0.5) is 0 Å². The Morgan fingerprint density at radius 3 is 2.40 bits per heavy atom. The van der Waals surface area contributed by atoms with E-state index in [1.807, 2.05) is 24.3 Å². The highest BCUT2D eigenvalue weighted by Gasteiger charge is 2.18. The fourth-order valence-corrected chi connectivity index (χ4v) is 2.28. The summed E-state index contributed by atoms with van der Waals surface area (Å²) < 4.78 is 5.28. The third-order valence-electron chi connectivity index (χ3n) is 3.69. The Balaban J connectivity index is 2.06. The van der Waals surface area contributed by atoms with Crippen LogP contribution in [0.15, 0.2) is 29.3 Å². The molecule has 1 fully saturated rings. The molecule has 0 aliphatic carbocycles. The molecule has 4 heteroatoms. The number of carbonyl (C=O) groups excluding carboxylic acids is 1. The van der Waals surface area contributed by atoms with Gasteiger partial charge in [-0.1, -0.05) is 26.0 Å². The first-order chi connectivity index (χ1) is 9.58. The maximum Gasteiger partial charge on any atom is 0.278 e. The van der Waals surface area contributed by atoms with E-state index in [0.29, 0.717) is 30.5 Å². The second-order valence-electron chi connectivity index (χ2n) is 5.51. The zero-order valence-electron chi connectivity index (χ0n) is 12.1. The van der Waals surface area contributed by atoms with Crippen LogP contribution in [0.3, 0.4) is 0 Å². The molecule has 1 aliphatic heterocycles. The molecule has 20 heavy (non-hydrogen) atoms. The Hall–Kier alpha value is -1.68. The van der Waals surface area contributed by atoms with Crippen molar-refractivity contribution in [1.29, 1.82) is 0 Å². The van der Waals surface area contributed by atoms with Crippen molar-refractivity contribution in [2.24, 2.45) is 16.6 Å². The predicted molar refractivity (Wildman–Crippen MR) is 80.0 cm³/mol. The molecule has 1 aromatic rings. The number of aliphatic imine (C=N–C) groups is 1. The van der Waals surface area contributed by atoms with Crippen LogP contribution >= 0.6 is 0 Å². The van der Waals surface area contributed by atoms with Gasteiger partial charge in [0.1, 0.15) is 5.84 Å². The summed E-state index contributed by atoms with van der Waals surface area (Å²) in [6, 6.07) is 7.58. The smallest absolute Gasteiger partial charge is 0.278 e. The van der Waals surface area contributed by atoms with Gasteiger partial charge in [0.05, 0.1) is 0 Å². The molecule has 0 spiro atoms. The van der Waals surface area contributed by atoms with Gasteiger partial charge in [-0.2, -0.15) is 4.99 Å². The lowest BCUT2D eigenvalue weighted by Crippen LogP contribution is -2.30. The van der Waals surface area contributed by atoms with Gasteiger partial charge in [-0.25, -0.2) is 0 Å². The van der Waals surface area contributed by atoms with Gasteiger partial charge in [-0.3, -0.25) is 4.79 Å². The molecule has 1 heterocycles. The van der Waals surface area contributed by atoms with Gasteiger partial charge in [0, 0.05) is 24.7 Å². The largest absolute Gasteiger partial charge is 0.387 e. The monoisotopic (exact) mass is 274 g/mol.